The van der Waals surface area contributed by atoms with Crippen molar-refractivity contribution in [2.24, 2.45) is 0 Å². The van der Waals surface area contributed by atoms with Crippen molar-refractivity contribution in [1.29, 1.82) is 0 Å². The van der Waals surface area contributed by atoms with Crippen LogP contribution in [0.25, 0.3) is 0 Å². The van der Waals surface area contributed by atoms with Gasteiger partial charge in [-0.2, -0.15) is 0 Å². The molecule has 22 heavy (non-hydrogen) atoms. The molecule has 1 aliphatic heterocycles. The van der Waals surface area contributed by atoms with Crippen LogP contribution in [0.3, 0.4) is 0 Å². The normalized spacial score (nSPS) is 21.0. The van der Waals surface area contributed by atoms with Gasteiger partial charge < -0.3 is 10.1 Å². The van der Waals surface area contributed by atoms with Gasteiger partial charge in [0, 0.05) is 12.5 Å². The quantitative estimate of drug-likeness (QED) is 0.838. The first-order valence-corrected chi connectivity index (χ1v) is 6.99. The molecule has 1 aromatic rings. The lowest BCUT2D eigenvalue weighted by molar-refractivity contribution is -0.124. The zero-order valence-electron chi connectivity index (χ0n) is 12.4. The maximum absolute atomic E-state index is 13.0. The number of hydrogen-bond acceptors (Lipinski definition) is 3. The minimum Gasteiger partial charge on any atom is -0.375 e. The van der Waals surface area contributed by atoms with Gasteiger partial charge in [-0.05, 0) is 12.5 Å². The summed E-state index contributed by atoms with van der Waals surface area (Å²) in [5.41, 5.74) is 1.05. The van der Waals surface area contributed by atoms with E-state index < -0.39 is 30.8 Å². The number of alkyl halides is 2. The second-order valence-electron chi connectivity index (χ2n) is 5.40. The molecule has 2 rings (SSSR count). The summed E-state index contributed by atoms with van der Waals surface area (Å²) in [5.74, 6) is -3.20. The van der Waals surface area contributed by atoms with E-state index in [1.54, 1.807) is 6.92 Å². The van der Waals surface area contributed by atoms with Crippen molar-refractivity contribution >= 4 is 18.3 Å². The number of hydrogen-bond donors (Lipinski definition) is 2. The standard InChI is InChI=1S/C15H20F2N2O2.ClH/c1-11(8-21-9-12-5-3-2-4-6-12)19-14(20)13-7-15(16,17)10-18-13;/h2-6,11,13,18H,7-10H2,1H3,(H,19,20);1H. The van der Waals surface area contributed by atoms with Gasteiger partial charge in [0.05, 0.1) is 25.8 Å². The summed E-state index contributed by atoms with van der Waals surface area (Å²) in [4.78, 5) is 11.8. The van der Waals surface area contributed by atoms with E-state index in [9.17, 15) is 13.6 Å². The molecule has 0 aromatic heterocycles. The fourth-order valence-corrected chi connectivity index (χ4v) is 2.21. The lowest BCUT2D eigenvalue weighted by atomic mass is 10.1. The third kappa shape index (κ3) is 5.87. The average Bonchev–Trinajstić information content (AvgIpc) is 2.80. The molecule has 2 atom stereocenters. The molecular weight excluding hydrogens is 314 g/mol. The third-order valence-corrected chi connectivity index (χ3v) is 3.29. The van der Waals surface area contributed by atoms with Gasteiger partial charge in [0.15, 0.2) is 0 Å². The molecule has 0 bridgehead atoms. The summed E-state index contributed by atoms with van der Waals surface area (Å²) in [6.45, 7) is 2.14. The predicted molar refractivity (Wildman–Crippen MR) is 82.3 cm³/mol. The largest absolute Gasteiger partial charge is 0.375 e. The van der Waals surface area contributed by atoms with Gasteiger partial charge in [0.1, 0.15) is 0 Å². The summed E-state index contributed by atoms with van der Waals surface area (Å²) in [5, 5.41) is 5.22. The van der Waals surface area contributed by atoms with Crippen LogP contribution in [-0.4, -0.2) is 37.1 Å². The van der Waals surface area contributed by atoms with E-state index in [2.05, 4.69) is 10.6 Å². The molecule has 1 amide bonds. The molecule has 2 unspecified atom stereocenters. The summed E-state index contributed by atoms with van der Waals surface area (Å²) >= 11 is 0. The van der Waals surface area contributed by atoms with Gasteiger partial charge in [0.2, 0.25) is 5.91 Å². The van der Waals surface area contributed by atoms with Gasteiger partial charge in [0.25, 0.3) is 5.92 Å². The molecule has 4 nitrogen and oxygen atoms in total. The Morgan fingerprint density at radius 1 is 1.45 bits per heavy atom. The number of halogens is 3. The zero-order valence-corrected chi connectivity index (χ0v) is 13.2. The van der Waals surface area contributed by atoms with E-state index in [1.165, 1.54) is 0 Å². The van der Waals surface area contributed by atoms with Gasteiger partial charge >= 0.3 is 0 Å². The van der Waals surface area contributed by atoms with Crippen molar-refractivity contribution < 1.29 is 18.3 Å². The number of rotatable bonds is 6. The lowest BCUT2D eigenvalue weighted by Gasteiger charge is -2.17. The predicted octanol–water partition coefficient (Wildman–Crippen LogP) is 2.13. The number of carbonyl (C=O) groups is 1. The topological polar surface area (TPSA) is 50.4 Å². The molecular formula is C15H21ClF2N2O2. The zero-order chi connectivity index (χ0) is 15.3. The Bertz CT molecular complexity index is 474. The van der Waals surface area contributed by atoms with Crippen LogP contribution in [0.4, 0.5) is 8.78 Å². The summed E-state index contributed by atoms with van der Waals surface area (Å²) in [6, 6.07) is 8.64. The Balaban J connectivity index is 0.00000242. The van der Waals surface area contributed by atoms with Crippen LogP contribution in [0.1, 0.15) is 18.9 Å². The SMILES string of the molecule is CC(COCc1ccccc1)NC(=O)C1CC(F)(F)CN1.Cl. The van der Waals surface area contributed by atoms with Gasteiger partial charge in [-0.15, -0.1) is 12.4 Å². The first kappa shape index (κ1) is 18.8. The molecule has 1 aromatic carbocycles. The van der Waals surface area contributed by atoms with Crippen molar-refractivity contribution in [3.05, 3.63) is 35.9 Å². The second kappa shape index (κ2) is 8.41. The van der Waals surface area contributed by atoms with Gasteiger partial charge in [-0.25, -0.2) is 8.78 Å². The van der Waals surface area contributed by atoms with Crippen LogP contribution in [0, 0.1) is 0 Å². The van der Waals surface area contributed by atoms with E-state index >= 15 is 0 Å². The lowest BCUT2D eigenvalue weighted by Crippen LogP contribution is -2.45. The van der Waals surface area contributed by atoms with Crippen molar-refractivity contribution in [3.8, 4) is 0 Å². The van der Waals surface area contributed by atoms with Crippen LogP contribution in [0.2, 0.25) is 0 Å². The first-order chi connectivity index (χ1) is 9.96. The van der Waals surface area contributed by atoms with Crippen LogP contribution in [0.15, 0.2) is 30.3 Å². The molecule has 0 radical (unpaired) electrons. The first-order valence-electron chi connectivity index (χ1n) is 6.99. The number of benzene rings is 1. The Hall–Kier alpha value is -1.24. The Kier molecular flexibility index (Phi) is 7.19. The highest BCUT2D eigenvalue weighted by molar-refractivity contribution is 5.85. The molecule has 1 heterocycles. The van der Waals surface area contributed by atoms with E-state index in [0.29, 0.717) is 13.2 Å². The van der Waals surface area contributed by atoms with Crippen molar-refractivity contribution in [3.63, 3.8) is 0 Å². The highest BCUT2D eigenvalue weighted by Crippen LogP contribution is 2.25. The van der Waals surface area contributed by atoms with E-state index in [0.717, 1.165) is 5.56 Å². The molecule has 2 N–H and O–H groups in total. The van der Waals surface area contributed by atoms with Crippen LogP contribution < -0.4 is 10.6 Å². The van der Waals surface area contributed by atoms with E-state index in [-0.39, 0.29) is 18.4 Å². The number of amides is 1. The van der Waals surface area contributed by atoms with Crippen molar-refractivity contribution in [2.75, 3.05) is 13.2 Å². The Labute approximate surface area is 135 Å². The number of ether oxygens (including phenoxy) is 1. The fourth-order valence-electron chi connectivity index (χ4n) is 2.21. The maximum Gasteiger partial charge on any atom is 0.262 e. The molecule has 0 saturated carbocycles. The van der Waals surface area contributed by atoms with Crippen molar-refractivity contribution in [1.82, 2.24) is 10.6 Å². The minimum atomic E-state index is -2.80. The van der Waals surface area contributed by atoms with Crippen molar-refractivity contribution in [2.45, 2.75) is 38.0 Å². The molecule has 0 spiro atoms. The monoisotopic (exact) mass is 334 g/mol. The Morgan fingerprint density at radius 3 is 2.73 bits per heavy atom. The van der Waals surface area contributed by atoms with Crippen LogP contribution in [0.5, 0.6) is 0 Å². The Morgan fingerprint density at radius 2 is 2.14 bits per heavy atom. The summed E-state index contributed by atoms with van der Waals surface area (Å²) < 4.78 is 31.5. The second-order valence-corrected chi connectivity index (χ2v) is 5.40. The molecule has 1 aliphatic rings. The van der Waals surface area contributed by atoms with Gasteiger partial charge in [-0.1, -0.05) is 30.3 Å². The third-order valence-electron chi connectivity index (χ3n) is 3.29. The number of nitrogens with one attached hydrogen (secondary N) is 2. The van der Waals surface area contributed by atoms with Gasteiger partial charge in [-0.3, -0.25) is 10.1 Å². The molecule has 1 saturated heterocycles. The van der Waals surface area contributed by atoms with E-state index in [4.69, 9.17) is 4.74 Å². The maximum atomic E-state index is 13.0. The summed E-state index contributed by atoms with van der Waals surface area (Å²) in [7, 11) is 0. The molecule has 124 valence electrons. The molecule has 1 fully saturated rings. The average molecular weight is 335 g/mol. The number of carbonyl (C=O) groups excluding carboxylic acids is 1. The van der Waals surface area contributed by atoms with E-state index in [1.807, 2.05) is 30.3 Å². The molecule has 0 aliphatic carbocycles. The highest BCUT2D eigenvalue weighted by Gasteiger charge is 2.42. The fraction of sp³-hybridized carbons (Fsp3) is 0.533. The minimum absolute atomic E-state index is 0. The smallest absolute Gasteiger partial charge is 0.262 e. The summed E-state index contributed by atoms with van der Waals surface area (Å²) in [6.07, 6.45) is -0.448. The van der Waals surface area contributed by atoms with Crippen LogP contribution in [-0.2, 0) is 16.1 Å². The molecule has 7 heteroatoms. The highest BCUT2D eigenvalue weighted by atomic mass is 35.5. The van der Waals surface area contributed by atoms with Crippen LogP contribution >= 0.6 is 12.4 Å².